The number of amides is 2. The van der Waals surface area contributed by atoms with Crippen LogP contribution in [-0.2, 0) is 4.74 Å². The summed E-state index contributed by atoms with van der Waals surface area (Å²) in [6.45, 7) is 7.02. The third-order valence-corrected chi connectivity index (χ3v) is 4.37. The first-order valence-corrected chi connectivity index (χ1v) is 8.00. The molecule has 0 saturated carbocycles. The van der Waals surface area contributed by atoms with Gasteiger partial charge in [-0.2, -0.15) is 0 Å². The van der Waals surface area contributed by atoms with Crippen molar-refractivity contribution < 1.29 is 9.53 Å². The van der Waals surface area contributed by atoms with Gasteiger partial charge in [0.2, 0.25) is 0 Å². The van der Waals surface area contributed by atoms with Crippen molar-refractivity contribution >= 4 is 6.03 Å². The van der Waals surface area contributed by atoms with Crippen LogP contribution < -0.4 is 0 Å². The summed E-state index contributed by atoms with van der Waals surface area (Å²) in [6, 6.07) is 10.6. The molecule has 1 heterocycles. The second kappa shape index (κ2) is 6.69. The number of carbonyl (C=O) groups is 1. The Morgan fingerprint density at radius 3 is 2.45 bits per heavy atom. The van der Waals surface area contributed by atoms with Gasteiger partial charge in [0.25, 0.3) is 0 Å². The molecule has 4 heteroatoms. The Bertz CT molecular complexity index is 499. The number of urea groups is 1. The summed E-state index contributed by atoms with van der Waals surface area (Å²) in [5.74, 6) is 0. The number of rotatable bonds is 3. The Balaban J connectivity index is 2.28. The van der Waals surface area contributed by atoms with Crippen LogP contribution in [-0.4, -0.2) is 48.2 Å². The fraction of sp³-hybridized carbons (Fsp3) is 0.611. The van der Waals surface area contributed by atoms with Crippen LogP contribution in [0.25, 0.3) is 0 Å². The minimum atomic E-state index is -0.176. The normalized spacial score (nSPS) is 22.0. The lowest BCUT2D eigenvalue weighted by molar-refractivity contribution is -0.0820. The topological polar surface area (TPSA) is 32.8 Å². The average Bonchev–Trinajstić information content (AvgIpc) is 2.47. The number of hydrogen-bond acceptors (Lipinski definition) is 2. The molecule has 1 aromatic carbocycles. The van der Waals surface area contributed by atoms with Crippen LogP contribution in [0.15, 0.2) is 30.3 Å². The number of hydrogen-bond donors (Lipinski definition) is 0. The van der Waals surface area contributed by atoms with Crippen LogP contribution in [0.2, 0.25) is 0 Å². The summed E-state index contributed by atoms with van der Waals surface area (Å²) in [4.78, 5) is 16.5. The summed E-state index contributed by atoms with van der Waals surface area (Å²) in [6.07, 6.45) is 1.75. The molecule has 2 rings (SSSR count). The maximum absolute atomic E-state index is 12.8. The van der Waals surface area contributed by atoms with E-state index in [9.17, 15) is 4.79 Å². The maximum atomic E-state index is 12.8. The maximum Gasteiger partial charge on any atom is 0.320 e. The lowest BCUT2D eigenvalue weighted by Crippen LogP contribution is -2.52. The molecule has 122 valence electrons. The Hall–Kier alpha value is -1.55. The molecule has 1 aliphatic heterocycles. The van der Waals surface area contributed by atoms with Crippen LogP contribution in [0, 0.1) is 0 Å². The molecule has 2 amide bonds. The molecule has 0 aliphatic carbocycles. The Morgan fingerprint density at radius 1 is 1.27 bits per heavy atom. The van der Waals surface area contributed by atoms with Gasteiger partial charge < -0.3 is 14.5 Å². The minimum Gasteiger partial charge on any atom is -0.375 e. The number of benzene rings is 1. The molecular weight excluding hydrogens is 276 g/mol. The Labute approximate surface area is 134 Å². The average molecular weight is 304 g/mol. The smallest absolute Gasteiger partial charge is 0.320 e. The fourth-order valence-corrected chi connectivity index (χ4v) is 3.20. The third-order valence-electron chi connectivity index (χ3n) is 4.37. The molecule has 22 heavy (non-hydrogen) atoms. The van der Waals surface area contributed by atoms with Crippen LogP contribution in [0.3, 0.4) is 0 Å². The van der Waals surface area contributed by atoms with Gasteiger partial charge in [-0.15, -0.1) is 0 Å². The minimum absolute atomic E-state index is 0.0509. The lowest BCUT2D eigenvalue weighted by Gasteiger charge is -2.44. The summed E-state index contributed by atoms with van der Waals surface area (Å²) in [7, 11) is 3.63. The molecule has 0 spiro atoms. The van der Waals surface area contributed by atoms with E-state index in [0.29, 0.717) is 6.61 Å². The molecule has 0 N–H and O–H groups in total. The van der Waals surface area contributed by atoms with Crippen molar-refractivity contribution in [1.82, 2.24) is 9.80 Å². The SMILES string of the molecule is CC(c1ccccc1)N(C(=O)N(C)C)C1CCOC(C)(C)C1. The first-order valence-electron chi connectivity index (χ1n) is 8.00. The molecule has 1 aliphatic rings. The van der Waals surface area contributed by atoms with Crippen molar-refractivity contribution in [2.24, 2.45) is 0 Å². The van der Waals surface area contributed by atoms with Crippen molar-refractivity contribution in [3.63, 3.8) is 0 Å². The van der Waals surface area contributed by atoms with E-state index in [2.05, 4.69) is 32.9 Å². The quantitative estimate of drug-likeness (QED) is 0.853. The van der Waals surface area contributed by atoms with E-state index in [0.717, 1.165) is 12.8 Å². The van der Waals surface area contributed by atoms with Gasteiger partial charge >= 0.3 is 6.03 Å². The van der Waals surface area contributed by atoms with Crippen molar-refractivity contribution in [3.05, 3.63) is 35.9 Å². The van der Waals surface area contributed by atoms with Gasteiger partial charge in [0.1, 0.15) is 0 Å². The molecule has 0 radical (unpaired) electrons. The highest BCUT2D eigenvalue weighted by molar-refractivity contribution is 5.74. The highest BCUT2D eigenvalue weighted by atomic mass is 16.5. The second-order valence-electron chi connectivity index (χ2n) is 6.93. The summed E-state index contributed by atoms with van der Waals surface area (Å²) in [5, 5.41) is 0. The molecule has 0 bridgehead atoms. The van der Waals surface area contributed by atoms with E-state index in [1.165, 1.54) is 5.56 Å². The van der Waals surface area contributed by atoms with E-state index in [1.807, 2.05) is 37.2 Å². The van der Waals surface area contributed by atoms with E-state index in [4.69, 9.17) is 4.74 Å². The monoisotopic (exact) mass is 304 g/mol. The standard InChI is InChI=1S/C18H28N2O2/c1-14(15-9-7-6-8-10-15)20(17(21)19(4)5)16-11-12-22-18(2,3)13-16/h6-10,14,16H,11-13H2,1-5H3. The van der Waals surface area contributed by atoms with Gasteiger partial charge in [0.15, 0.2) is 0 Å². The first kappa shape index (κ1) is 16.8. The van der Waals surface area contributed by atoms with Crippen molar-refractivity contribution in [1.29, 1.82) is 0 Å². The summed E-state index contributed by atoms with van der Waals surface area (Å²) < 4.78 is 5.82. The molecule has 2 atom stereocenters. The summed E-state index contributed by atoms with van der Waals surface area (Å²) in [5.41, 5.74) is 0.992. The zero-order chi connectivity index (χ0) is 16.3. The van der Waals surface area contributed by atoms with Crippen molar-refractivity contribution in [2.75, 3.05) is 20.7 Å². The third kappa shape index (κ3) is 3.80. The molecule has 1 fully saturated rings. The van der Waals surface area contributed by atoms with Crippen LogP contribution in [0.5, 0.6) is 0 Å². The number of carbonyl (C=O) groups excluding carboxylic acids is 1. The van der Waals surface area contributed by atoms with Gasteiger partial charge in [0.05, 0.1) is 11.6 Å². The second-order valence-corrected chi connectivity index (χ2v) is 6.93. The van der Waals surface area contributed by atoms with Crippen LogP contribution in [0.1, 0.15) is 45.2 Å². The van der Waals surface area contributed by atoms with Gasteiger partial charge in [-0.05, 0) is 39.2 Å². The van der Waals surface area contributed by atoms with E-state index < -0.39 is 0 Å². The van der Waals surface area contributed by atoms with Gasteiger partial charge in [-0.3, -0.25) is 0 Å². The van der Waals surface area contributed by atoms with Gasteiger partial charge in [-0.1, -0.05) is 30.3 Å². The van der Waals surface area contributed by atoms with Crippen LogP contribution >= 0.6 is 0 Å². The fourth-order valence-electron chi connectivity index (χ4n) is 3.20. The number of ether oxygens (including phenoxy) is 1. The molecule has 1 aromatic rings. The highest BCUT2D eigenvalue weighted by Crippen LogP contribution is 2.33. The molecule has 2 unspecified atom stereocenters. The van der Waals surface area contributed by atoms with E-state index in [-0.39, 0.29) is 23.7 Å². The Morgan fingerprint density at radius 2 is 1.91 bits per heavy atom. The summed E-state index contributed by atoms with van der Waals surface area (Å²) >= 11 is 0. The highest BCUT2D eigenvalue weighted by Gasteiger charge is 2.37. The molecular formula is C18H28N2O2. The van der Waals surface area contributed by atoms with Crippen LogP contribution in [0.4, 0.5) is 4.79 Å². The molecule has 1 saturated heterocycles. The van der Waals surface area contributed by atoms with Crippen molar-refractivity contribution in [3.8, 4) is 0 Å². The Kier molecular flexibility index (Phi) is 5.12. The zero-order valence-corrected chi connectivity index (χ0v) is 14.4. The van der Waals surface area contributed by atoms with Crippen molar-refractivity contribution in [2.45, 2.75) is 51.3 Å². The number of nitrogens with zero attached hydrogens (tertiary/aromatic N) is 2. The largest absolute Gasteiger partial charge is 0.375 e. The zero-order valence-electron chi connectivity index (χ0n) is 14.4. The van der Waals surface area contributed by atoms with E-state index >= 15 is 0 Å². The molecule has 4 nitrogen and oxygen atoms in total. The predicted molar refractivity (Wildman–Crippen MR) is 88.8 cm³/mol. The van der Waals surface area contributed by atoms with Gasteiger partial charge in [0, 0.05) is 26.7 Å². The predicted octanol–water partition coefficient (Wildman–Crippen LogP) is 3.69. The molecule has 0 aromatic heterocycles. The van der Waals surface area contributed by atoms with E-state index in [1.54, 1.807) is 4.90 Å². The first-order chi connectivity index (χ1) is 10.3. The van der Waals surface area contributed by atoms with Gasteiger partial charge in [-0.25, -0.2) is 4.79 Å². The lowest BCUT2D eigenvalue weighted by atomic mass is 9.91.